The zero-order valence-corrected chi connectivity index (χ0v) is 14.8. The zero-order chi connectivity index (χ0) is 20.4. The molecular formula is C16H13F3N2O6S. The molecule has 0 fully saturated rings. The summed E-state index contributed by atoms with van der Waals surface area (Å²) in [4.78, 5) is 13.4. The van der Waals surface area contributed by atoms with Gasteiger partial charge in [-0.3, -0.25) is 10.2 Å². The minimum atomic E-state index is -4.97. The van der Waals surface area contributed by atoms with Crippen LogP contribution in [-0.2, 0) is 10.0 Å². The van der Waals surface area contributed by atoms with Crippen LogP contribution in [-0.4, -0.2) is 33.9 Å². The third kappa shape index (κ3) is 4.84. The first kappa shape index (κ1) is 19.8. The van der Waals surface area contributed by atoms with E-state index in [9.17, 15) is 26.4 Å². The maximum Gasteiger partial charge on any atom is 0.573 e. The third-order valence-corrected chi connectivity index (χ3v) is 4.70. The fourth-order valence-electron chi connectivity index (χ4n) is 2.27. The van der Waals surface area contributed by atoms with Crippen molar-refractivity contribution in [2.24, 2.45) is 0 Å². The van der Waals surface area contributed by atoms with Gasteiger partial charge in [0.1, 0.15) is 19.0 Å². The topological polar surface area (TPSA) is 103 Å². The molecule has 1 amide bonds. The number of amides is 1. The summed E-state index contributed by atoms with van der Waals surface area (Å²) < 4.78 is 75.6. The Balaban J connectivity index is 1.69. The van der Waals surface area contributed by atoms with Crippen LogP contribution in [0, 0.1) is 0 Å². The average Bonchev–Trinajstić information content (AvgIpc) is 2.64. The lowest BCUT2D eigenvalue weighted by atomic mass is 10.2. The lowest BCUT2D eigenvalue weighted by Crippen LogP contribution is -2.41. The van der Waals surface area contributed by atoms with Gasteiger partial charge in [-0.05, 0) is 30.3 Å². The number of ether oxygens (including phenoxy) is 3. The molecule has 8 nitrogen and oxygen atoms in total. The third-order valence-electron chi connectivity index (χ3n) is 3.45. The quantitative estimate of drug-likeness (QED) is 0.720. The minimum absolute atomic E-state index is 0.0844. The summed E-state index contributed by atoms with van der Waals surface area (Å²) >= 11 is 0. The van der Waals surface area contributed by atoms with Crippen molar-refractivity contribution in [3.8, 4) is 17.2 Å². The molecule has 2 aromatic rings. The highest BCUT2D eigenvalue weighted by Crippen LogP contribution is 2.30. The van der Waals surface area contributed by atoms with Gasteiger partial charge in [0.25, 0.3) is 15.9 Å². The van der Waals surface area contributed by atoms with Gasteiger partial charge in [-0.2, -0.15) is 0 Å². The van der Waals surface area contributed by atoms with Crippen molar-refractivity contribution >= 4 is 15.9 Å². The monoisotopic (exact) mass is 418 g/mol. The molecule has 2 aromatic carbocycles. The number of sulfonamides is 1. The number of hydrogen-bond donors (Lipinski definition) is 2. The summed E-state index contributed by atoms with van der Waals surface area (Å²) in [5, 5.41) is 0. The average molecular weight is 418 g/mol. The minimum Gasteiger partial charge on any atom is -0.486 e. The predicted octanol–water partition coefficient (Wildman–Crippen LogP) is 1.98. The Hall–Kier alpha value is -2.99. The van der Waals surface area contributed by atoms with Gasteiger partial charge >= 0.3 is 6.36 Å². The van der Waals surface area contributed by atoms with Gasteiger partial charge in [-0.1, -0.05) is 6.07 Å². The van der Waals surface area contributed by atoms with Gasteiger partial charge in [0, 0.05) is 11.6 Å². The van der Waals surface area contributed by atoms with Crippen LogP contribution in [0.4, 0.5) is 13.2 Å². The van der Waals surface area contributed by atoms with E-state index in [-0.39, 0.29) is 5.56 Å². The van der Waals surface area contributed by atoms with Gasteiger partial charge in [0.2, 0.25) is 0 Å². The molecule has 1 aliphatic heterocycles. The molecule has 0 atom stereocenters. The Morgan fingerprint density at radius 1 is 1.04 bits per heavy atom. The van der Waals surface area contributed by atoms with E-state index in [4.69, 9.17) is 9.47 Å². The Bertz CT molecular complexity index is 994. The molecule has 150 valence electrons. The summed E-state index contributed by atoms with van der Waals surface area (Å²) in [6.07, 6.45) is -4.97. The predicted molar refractivity (Wildman–Crippen MR) is 88.3 cm³/mol. The first-order valence-electron chi connectivity index (χ1n) is 7.72. The van der Waals surface area contributed by atoms with E-state index in [0.29, 0.717) is 30.8 Å². The fourth-order valence-corrected chi connectivity index (χ4v) is 3.14. The maximum absolute atomic E-state index is 12.3. The van der Waals surface area contributed by atoms with Gasteiger partial charge in [0.15, 0.2) is 11.5 Å². The number of benzene rings is 2. The van der Waals surface area contributed by atoms with E-state index in [1.807, 2.05) is 10.3 Å². The van der Waals surface area contributed by atoms with Crippen LogP contribution in [0.25, 0.3) is 0 Å². The second-order valence-electron chi connectivity index (χ2n) is 5.44. The molecule has 0 radical (unpaired) electrons. The first-order chi connectivity index (χ1) is 13.1. The molecule has 12 heteroatoms. The number of carbonyl (C=O) groups is 1. The number of carbonyl (C=O) groups excluding carboxylic acids is 1. The van der Waals surface area contributed by atoms with E-state index in [1.54, 1.807) is 0 Å². The van der Waals surface area contributed by atoms with Gasteiger partial charge in [-0.25, -0.2) is 8.42 Å². The molecule has 0 unspecified atom stereocenters. The summed E-state index contributed by atoms with van der Waals surface area (Å²) in [7, 11) is -4.34. The van der Waals surface area contributed by atoms with Gasteiger partial charge < -0.3 is 14.2 Å². The smallest absolute Gasteiger partial charge is 0.486 e. The largest absolute Gasteiger partial charge is 0.573 e. The number of fused-ring (bicyclic) bond motifs is 1. The van der Waals surface area contributed by atoms with Gasteiger partial charge in [-0.15, -0.1) is 18.0 Å². The van der Waals surface area contributed by atoms with Crippen molar-refractivity contribution in [2.45, 2.75) is 11.3 Å². The van der Waals surface area contributed by atoms with Crippen molar-refractivity contribution in [3.05, 3.63) is 48.0 Å². The molecule has 1 aliphatic rings. The van der Waals surface area contributed by atoms with E-state index in [1.165, 1.54) is 18.2 Å². The second-order valence-corrected chi connectivity index (χ2v) is 7.12. The van der Waals surface area contributed by atoms with Crippen LogP contribution in [0.3, 0.4) is 0 Å². The second kappa shape index (κ2) is 7.56. The van der Waals surface area contributed by atoms with Crippen LogP contribution >= 0.6 is 0 Å². The molecule has 2 N–H and O–H groups in total. The Kier molecular flexibility index (Phi) is 5.34. The number of hydrogen-bond acceptors (Lipinski definition) is 6. The van der Waals surface area contributed by atoms with Crippen LogP contribution in [0.1, 0.15) is 10.4 Å². The number of alkyl halides is 3. The first-order valence-corrected chi connectivity index (χ1v) is 9.20. The lowest BCUT2D eigenvalue weighted by molar-refractivity contribution is -0.274. The van der Waals surface area contributed by atoms with Gasteiger partial charge in [0.05, 0.1) is 4.90 Å². The highest BCUT2D eigenvalue weighted by atomic mass is 32.2. The summed E-state index contributed by atoms with van der Waals surface area (Å²) in [6.45, 7) is 0.677. The highest BCUT2D eigenvalue weighted by Gasteiger charge is 2.31. The normalized spacial score (nSPS) is 13.7. The molecule has 3 rings (SSSR count). The van der Waals surface area contributed by atoms with E-state index >= 15 is 0 Å². The Morgan fingerprint density at radius 2 is 1.75 bits per heavy atom. The van der Waals surface area contributed by atoms with Crippen molar-refractivity contribution < 1.29 is 40.6 Å². The molecule has 0 saturated carbocycles. The number of hydrazine groups is 1. The van der Waals surface area contributed by atoms with Crippen LogP contribution in [0.2, 0.25) is 0 Å². The number of nitrogens with one attached hydrogen (secondary N) is 2. The summed E-state index contributed by atoms with van der Waals surface area (Å²) in [6, 6.07) is 7.99. The van der Waals surface area contributed by atoms with Crippen molar-refractivity contribution in [1.82, 2.24) is 10.3 Å². The molecular weight excluding hydrogens is 405 g/mol. The fraction of sp³-hybridized carbons (Fsp3) is 0.188. The van der Waals surface area contributed by atoms with E-state index < -0.39 is 32.9 Å². The highest BCUT2D eigenvalue weighted by molar-refractivity contribution is 7.89. The molecule has 0 saturated heterocycles. The standard InChI is InChI=1S/C16H13F3N2O6S/c17-16(18,19)27-11-2-1-3-12(9-11)28(23,24)21-20-15(22)10-4-5-13-14(8-10)26-7-6-25-13/h1-5,8-9,21H,6-7H2,(H,20,22). The number of halogens is 3. The molecule has 0 aromatic heterocycles. The zero-order valence-electron chi connectivity index (χ0n) is 13.9. The van der Waals surface area contributed by atoms with Crippen molar-refractivity contribution in [1.29, 1.82) is 0 Å². The number of rotatable bonds is 5. The molecule has 28 heavy (non-hydrogen) atoms. The van der Waals surface area contributed by atoms with E-state index in [2.05, 4.69) is 4.74 Å². The Labute approximate surface area is 157 Å². The van der Waals surface area contributed by atoms with Crippen LogP contribution in [0.5, 0.6) is 17.2 Å². The lowest BCUT2D eigenvalue weighted by Gasteiger charge is -2.18. The Morgan fingerprint density at radius 3 is 2.46 bits per heavy atom. The van der Waals surface area contributed by atoms with Crippen LogP contribution < -0.4 is 24.5 Å². The molecule has 0 aliphatic carbocycles. The molecule has 0 spiro atoms. The molecule has 0 bridgehead atoms. The van der Waals surface area contributed by atoms with Crippen molar-refractivity contribution in [2.75, 3.05) is 13.2 Å². The summed E-state index contributed by atoms with van der Waals surface area (Å²) in [5.41, 5.74) is 2.06. The molecule has 1 heterocycles. The summed E-state index contributed by atoms with van der Waals surface area (Å²) in [5.74, 6) is -0.736. The SMILES string of the molecule is O=C(NNS(=O)(=O)c1cccc(OC(F)(F)F)c1)c1ccc2c(c1)OCCO2. The maximum atomic E-state index is 12.3. The van der Waals surface area contributed by atoms with E-state index in [0.717, 1.165) is 18.2 Å². The van der Waals surface area contributed by atoms with Crippen LogP contribution in [0.15, 0.2) is 47.4 Å². The van der Waals surface area contributed by atoms with Crippen molar-refractivity contribution in [3.63, 3.8) is 0 Å².